The van der Waals surface area contributed by atoms with E-state index >= 15 is 0 Å². The second-order valence-electron chi connectivity index (χ2n) is 12.2. The van der Waals surface area contributed by atoms with Gasteiger partial charge in [-0.25, -0.2) is 0 Å². The van der Waals surface area contributed by atoms with Crippen LogP contribution in [0.5, 0.6) is 0 Å². The summed E-state index contributed by atoms with van der Waals surface area (Å²) in [5.74, 6) is -0.232. The van der Waals surface area contributed by atoms with E-state index in [0.29, 0.717) is 12.0 Å². The van der Waals surface area contributed by atoms with E-state index in [1.807, 2.05) is 6.92 Å². The molecule has 43 heavy (non-hydrogen) atoms. The Hall–Kier alpha value is -2.62. The van der Waals surface area contributed by atoms with E-state index in [1.165, 1.54) is 12.7 Å². The number of hydrogen-bond donors (Lipinski definition) is 0. The van der Waals surface area contributed by atoms with Crippen LogP contribution in [-0.4, -0.2) is 52.5 Å². The van der Waals surface area contributed by atoms with Crippen molar-refractivity contribution in [3.8, 4) is 0 Å². The summed E-state index contributed by atoms with van der Waals surface area (Å²) in [6.45, 7) is 12.7. The molecular formula is C33H34Cl2N4O3Sn. The Morgan fingerprint density at radius 3 is 2.49 bits per heavy atom. The van der Waals surface area contributed by atoms with Crippen molar-refractivity contribution >= 4 is 81.5 Å². The summed E-state index contributed by atoms with van der Waals surface area (Å²) in [7, 11) is 17.2. The molecule has 10 heteroatoms. The normalized spacial score (nSPS) is 22.7. The molecule has 2 aromatic heterocycles. The number of halogens is 2. The van der Waals surface area contributed by atoms with Crippen molar-refractivity contribution in [1.29, 1.82) is 0 Å². The molecule has 0 aromatic carbocycles. The predicted molar refractivity (Wildman–Crippen MR) is 175 cm³/mol. The number of ketones is 1. The number of rotatable bonds is 4. The first-order valence-corrected chi connectivity index (χ1v) is 24.7. The van der Waals surface area contributed by atoms with E-state index in [0.717, 1.165) is 79.2 Å². The summed E-state index contributed by atoms with van der Waals surface area (Å²) in [6, 6.07) is 0. The van der Waals surface area contributed by atoms with Crippen LogP contribution in [0.3, 0.4) is 0 Å². The van der Waals surface area contributed by atoms with Gasteiger partial charge in [0.15, 0.2) is 0 Å². The van der Waals surface area contributed by atoms with E-state index in [-0.39, 0.29) is 36.4 Å². The Bertz CT molecular complexity index is 2000. The number of hydrogen-bond acceptors (Lipinski definition) is 5. The minimum absolute atomic E-state index is 0.0231. The molecular weight excluding hydrogens is 690 g/mol. The maximum atomic E-state index is 13.9. The molecule has 7 nitrogen and oxygen atoms in total. The van der Waals surface area contributed by atoms with Crippen LogP contribution in [0.15, 0.2) is 32.5 Å². The molecule has 0 radical (unpaired) electrons. The number of nitrogens with zero attached hydrogens (tertiary/aromatic N) is 4. The predicted octanol–water partition coefficient (Wildman–Crippen LogP) is 5.46. The van der Waals surface area contributed by atoms with E-state index < -0.39 is 16.7 Å². The number of aromatic nitrogens is 2. The fourth-order valence-corrected chi connectivity index (χ4v) is 18.8. The second-order valence-corrected chi connectivity index (χ2v) is 26.0. The van der Waals surface area contributed by atoms with Gasteiger partial charge in [0.1, 0.15) is 0 Å². The number of methoxy groups -OCH3 is 1. The molecule has 1 aliphatic carbocycles. The van der Waals surface area contributed by atoms with Gasteiger partial charge in [-0.2, -0.15) is 0 Å². The van der Waals surface area contributed by atoms with Crippen LogP contribution in [0.2, 0.25) is 0 Å². The summed E-state index contributed by atoms with van der Waals surface area (Å²) >= 11 is -4.70. The SMILES string of the molecule is CCc1c(C)c2[n]3c1=CC1=NC(=Cc4c(C)c5c([n]4[Sn]3([Cl])[Cl])C(=C3N=C(C=2)C(C)C3CCC(=O)OC)CC5=O)C(C)=C1C. The number of Topliss-reactive ketones (excluding diaryl/α,β-unsaturated/α-hetero) is 1. The molecule has 222 valence electrons. The zero-order valence-corrected chi connectivity index (χ0v) is 29.9. The third kappa shape index (κ3) is 3.93. The van der Waals surface area contributed by atoms with Gasteiger partial charge in [-0.1, -0.05) is 0 Å². The quantitative estimate of drug-likeness (QED) is 0.311. The number of carbonyl (C=O) groups is 2. The molecule has 2 atom stereocenters. The third-order valence-corrected chi connectivity index (χ3v) is 20.5. The van der Waals surface area contributed by atoms with Crippen LogP contribution in [0.25, 0.3) is 23.8 Å². The molecule has 4 aliphatic heterocycles. The number of ether oxygens (including phenoxy) is 1. The van der Waals surface area contributed by atoms with Gasteiger partial charge in [-0.15, -0.1) is 0 Å². The number of esters is 1. The molecule has 5 aliphatic rings. The fraction of sp³-hybridized carbons (Fsp3) is 0.394. The van der Waals surface area contributed by atoms with Crippen molar-refractivity contribution in [2.75, 3.05) is 7.11 Å². The van der Waals surface area contributed by atoms with E-state index in [4.69, 9.17) is 32.6 Å². The van der Waals surface area contributed by atoms with E-state index in [2.05, 4.69) is 58.4 Å². The van der Waals surface area contributed by atoms with E-state index in [9.17, 15) is 9.59 Å². The van der Waals surface area contributed by atoms with Crippen LogP contribution in [0.4, 0.5) is 0 Å². The molecule has 0 saturated heterocycles. The minimum atomic E-state index is -4.70. The molecule has 0 N–H and O–H groups in total. The number of fused-ring (bicyclic) bond motifs is 2. The molecule has 0 saturated carbocycles. The van der Waals surface area contributed by atoms with E-state index in [1.54, 1.807) is 0 Å². The van der Waals surface area contributed by atoms with Crippen molar-refractivity contribution < 1.29 is 14.3 Å². The average Bonchev–Trinajstić information content (AvgIpc) is 3.69. The molecule has 2 unspecified atom stereocenters. The second kappa shape index (κ2) is 9.94. The molecule has 7 rings (SSSR count). The van der Waals surface area contributed by atoms with Crippen LogP contribution < -0.4 is 10.7 Å². The Morgan fingerprint density at radius 2 is 1.79 bits per heavy atom. The summed E-state index contributed by atoms with van der Waals surface area (Å²) < 4.78 is 9.34. The van der Waals surface area contributed by atoms with Gasteiger partial charge in [0, 0.05) is 0 Å². The number of aliphatic imine (C=N–C) groups is 2. The third-order valence-electron chi connectivity index (χ3n) is 10.2. The molecule has 6 heterocycles. The van der Waals surface area contributed by atoms with Gasteiger partial charge in [0.05, 0.1) is 0 Å². The van der Waals surface area contributed by atoms with Crippen LogP contribution in [-0.2, 0) is 16.0 Å². The summed E-state index contributed by atoms with van der Waals surface area (Å²) in [5, 5.41) is 1.94. The zero-order chi connectivity index (χ0) is 30.7. The summed E-state index contributed by atoms with van der Waals surface area (Å²) in [4.78, 5) is 36.5. The van der Waals surface area contributed by atoms with Gasteiger partial charge >= 0.3 is 264 Å². The van der Waals surface area contributed by atoms with Crippen molar-refractivity contribution in [2.45, 2.75) is 67.2 Å². The first-order chi connectivity index (χ1) is 20.4. The molecule has 0 spiro atoms. The van der Waals surface area contributed by atoms with Gasteiger partial charge in [-0.3, -0.25) is 0 Å². The van der Waals surface area contributed by atoms with Gasteiger partial charge in [0.2, 0.25) is 0 Å². The van der Waals surface area contributed by atoms with Crippen molar-refractivity contribution in [3.05, 3.63) is 66.9 Å². The van der Waals surface area contributed by atoms with Crippen molar-refractivity contribution in [1.82, 2.24) is 5.58 Å². The van der Waals surface area contributed by atoms with Gasteiger partial charge in [0.25, 0.3) is 0 Å². The summed E-state index contributed by atoms with van der Waals surface area (Å²) in [5.41, 5.74) is 12.1. The first-order valence-electron chi connectivity index (χ1n) is 14.9. The topological polar surface area (TPSA) is 77.9 Å². The first kappa shape index (κ1) is 29.1. The van der Waals surface area contributed by atoms with Crippen LogP contribution >= 0.6 is 17.8 Å². The van der Waals surface area contributed by atoms with Crippen molar-refractivity contribution in [2.24, 2.45) is 21.8 Å². The van der Waals surface area contributed by atoms with Gasteiger partial charge < -0.3 is 0 Å². The maximum absolute atomic E-state index is 13.9. The van der Waals surface area contributed by atoms with Gasteiger partial charge in [-0.05, 0) is 0 Å². The summed E-state index contributed by atoms with van der Waals surface area (Å²) in [6.07, 6.45) is 8.26. The monoisotopic (exact) mass is 724 g/mol. The Balaban J connectivity index is 1.70. The number of allylic oxidation sites excluding steroid dienone is 4. The molecule has 0 amide bonds. The Labute approximate surface area is 263 Å². The van der Waals surface area contributed by atoms with Crippen LogP contribution in [0, 0.1) is 25.7 Å². The molecule has 6 bridgehead atoms. The Kier molecular flexibility index (Phi) is 6.73. The molecule has 0 fully saturated rings. The van der Waals surface area contributed by atoms with Crippen LogP contribution in [0.1, 0.15) is 85.4 Å². The molecule has 2 aromatic rings. The fourth-order valence-electron chi connectivity index (χ4n) is 7.61. The standard InChI is InChI=1S/C33H35N4O3.2ClH.Sn/c1-8-20-17(4)25-13-26-18(5)21(9-10-30(39)40-7)32(36-26)22-11-29(38)31-19(6)27(37-33(22)31)12-23-15(2)16(3)24(34-23)14-28(20)35-25;;;/h12-14,18,21H,8-11H2,1-7H3,(H-,34,35,36,37,38);2*1H;/q-1;;;+4/p-3. The van der Waals surface area contributed by atoms with Crippen molar-refractivity contribution in [3.63, 3.8) is 0 Å². The average molecular weight is 724 g/mol. The zero-order valence-electron chi connectivity index (χ0n) is 25.5. The Morgan fingerprint density at radius 1 is 1.05 bits per heavy atom. The number of carbonyl (C=O) groups excluding carboxylic acids is 2.